The molecule has 0 fully saturated rings. The molecular formula is C8H16FNS. The van der Waals surface area contributed by atoms with Crippen LogP contribution >= 0.6 is 10.4 Å². The molecule has 0 saturated heterocycles. The van der Waals surface area contributed by atoms with Crippen LogP contribution in [0.3, 0.4) is 0 Å². The summed E-state index contributed by atoms with van der Waals surface area (Å²) >= 11 is 0. The van der Waals surface area contributed by atoms with Crippen molar-refractivity contribution >= 4 is 10.4 Å². The van der Waals surface area contributed by atoms with Gasteiger partial charge in [0.2, 0.25) is 0 Å². The van der Waals surface area contributed by atoms with Crippen LogP contribution in [0.5, 0.6) is 0 Å². The predicted octanol–water partition coefficient (Wildman–Crippen LogP) is 2.87. The molecule has 0 spiro atoms. The molecule has 0 saturated carbocycles. The maximum absolute atomic E-state index is 13.3. The third kappa shape index (κ3) is 4.26. The molecule has 0 heterocycles. The van der Waals surface area contributed by atoms with E-state index >= 15 is 0 Å². The lowest BCUT2D eigenvalue weighted by Crippen LogP contribution is -2.13. The monoisotopic (exact) mass is 177 g/mol. The van der Waals surface area contributed by atoms with Gasteiger partial charge >= 0.3 is 0 Å². The number of hydrogen-bond donors (Lipinski definition) is 0. The highest BCUT2D eigenvalue weighted by Gasteiger charge is 2.24. The van der Waals surface area contributed by atoms with E-state index < -0.39 is 10.4 Å². The number of nitrogens with zero attached hydrogens (tertiary/aromatic N) is 1. The van der Waals surface area contributed by atoms with Gasteiger partial charge in [-0.1, -0.05) is 24.3 Å². The molecule has 0 aliphatic carbocycles. The van der Waals surface area contributed by atoms with Crippen molar-refractivity contribution in [1.29, 1.82) is 5.26 Å². The van der Waals surface area contributed by atoms with Gasteiger partial charge < -0.3 is 0 Å². The Morgan fingerprint density at radius 1 is 1.45 bits per heavy atom. The van der Waals surface area contributed by atoms with Crippen LogP contribution in [0.2, 0.25) is 0 Å². The summed E-state index contributed by atoms with van der Waals surface area (Å²) in [6.07, 6.45) is 3.77. The van der Waals surface area contributed by atoms with E-state index in [4.69, 9.17) is 5.26 Å². The largest absolute Gasteiger partial charge is 0.197 e. The first-order valence-corrected chi connectivity index (χ1v) is 6.10. The summed E-state index contributed by atoms with van der Waals surface area (Å²) in [5, 5.41) is 8.25. The molecule has 11 heavy (non-hydrogen) atoms. The third-order valence-electron chi connectivity index (χ3n) is 1.51. The number of nitriles is 1. The molecule has 0 radical (unpaired) electrons. The number of halogens is 1. The Morgan fingerprint density at radius 2 is 1.91 bits per heavy atom. The molecule has 0 aromatic heterocycles. The highest BCUT2D eigenvalue weighted by atomic mass is 32.3. The van der Waals surface area contributed by atoms with Crippen LogP contribution < -0.4 is 0 Å². The average Bonchev–Trinajstić information content (AvgIpc) is 1.79. The van der Waals surface area contributed by atoms with Crippen molar-refractivity contribution in [2.24, 2.45) is 5.92 Å². The van der Waals surface area contributed by atoms with Crippen molar-refractivity contribution in [3.8, 4) is 6.07 Å². The van der Waals surface area contributed by atoms with Crippen LogP contribution in [0.25, 0.3) is 0 Å². The standard InChI is InChI=1S/C8H16FNS/c1-7(2)5-8(6-10)11(3,4)9/h7-8H,5H2,1-4H3. The average molecular weight is 177 g/mol. The minimum atomic E-state index is -2.17. The molecule has 0 rings (SSSR count). The SMILES string of the molecule is CC(C)CC(C#N)S(C)(C)F. The smallest absolute Gasteiger partial charge is 0.101 e. The lowest BCUT2D eigenvalue weighted by molar-refractivity contribution is 0.596. The van der Waals surface area contributed by atoms with Crippen LogP contribution in [0.15, 0.2) is 0 Å². The minimum Gasteiger partial charge on any atom is -0.197 e. The van der Waals surface area contributed by atoms with E-state index in [0.29, 0.717) is 12.3 Å². The molecule has 0 amide bonds. The summed E-state index contributed by atoms with van der Waals surface area (Å²) in [5.41, 5.74) is 0. The zero-order chi connectivity index (χ0) is 9.07. The van der Waals surface area contributed by atoms with Crippen molar-refractivity contribution in [3.63, 3.8) is 0 Å². The van der Waals surface area contributed by atoms with Crippen LogP contribution in [-0.4, -0.2) is 17.8 Å². The first-order chi connectivity index (χ1) is 4.88. The van der Waals surface area contributed by atoms with E-state index in [1.165, 1.54) is 0 Å². The van der Waals surface area contributed by atoms with Gasteiger partial charge in [-0.15, -0.1) is 0 Å². The zero-order valence-corrected chi connectivity index (χ0v) is 8.41. The Balaban J connectivity index is 4.11. The quantitative estimate of drug-likeness (QED) is 0.650. The second-order valence-electron chi connectivity index (χ2n) is 3.52. The van der Waals surface area contributed by atoms with Crippen LogP contribution in [0.4, 0.5) is 3.89 Å². The molecule has 0 bridgehead atoms. The molecule has 3 heteroatoms. The van der Waals surface area contributed by atoms with Crippen molar-refractivity contribution < 1.29 is 3.89 Å². The summed E-state index contributed by atoms with van der Waals surface area (Å²) in [4.78, 5) is 0. The highest BCUT2D eigenvalue weighted by Crippen LogP contribution is 2.48. The molecule has 1 nitrogen and oxygen atoms in total. The van der Waals surface area contributed by atoms with Crippen molar-refractivity contribution in [2.75, 3.05) is 12.5 Å². The van der Waals surface area contributed by atoms with Crippen LogP contribution in [-0.2, 0) is 0 Å². The van der Waals surface area contributed by atoms with Crippen LogP contribution in [0.1, 0.15) is 20.3 Å². The summed E-state index contributed by atoms with van der Waals surface area (Å²) in [5.74, 6) is 0.405. The lowest BCUT2D eigenvalue weighted by atomic mass is 10.1. The molecular weight excluding hydrogens is 161 g/mol. The summed E-state index contributed by atoms with van der Waals surface area (Å²) < 4.78 is 13.3. The normalized spacial score (nSPS) is 16.1. The molecule has 1 unspecified atom stereocenters. The van der Waals surface area contributed by atoms with E-state index in [2.05, 4.69) is 0 Å². The van der Waals surface area contributed by atoms with E-state index in [0.717, 1.165) is 0 Å². The predicted molar refractivity (Wildman–Crippen MR) is 49.4 cm³/mol. The summed E-state index contributed by atoms with van der Waals surface area (Å²) in [6.45, 7) is 4.02. The van der Waals surface area contributed by atoms with E-state index in [1.807, 2.05) is 19.9 Å². The Hall–Kier alpha value is -0.230. The highest BCUT2D eigenvalue weighted by molar-refractivity contribution is 8.29. The first kappa shape index (κ1) is 10.8. The van der Waals surface area contributed by atoms with E-state index in [1.54, 1.807) is 12.5 Å². The van der Waals surface area contributed by atoms with Gasteiger partial charge in [0.05, 0.1) is 6.07 Å². The molecule has 0 N–H and O–H groups in total. The van der Waals surface area contributed by atoms with Gasteiger partial charge in [-0.3, -0.25) is 0 Å². The van der Waals surface area contributed by atoms with Crippen molar-refractivity contribution in [1.82, 2.24) is 0 Å². The number of hydrogen-bond acceptors (Lipinski definition) is 1. The first-order valence-electron chi connectivity index (χ1n) is 3.69. The Bertz CT molecular complexity index is 154. The Kier molecular flexibility index (Phi) is 3.88. The van der Waals surface area contributed by atoms with Gasteiger partial charge in [0, 0.05) is 0 Å². The van der Waals surface area contributed by atoms with E-state index in [-0.39, 0.29) is 5.25 Å². The molecule has 1 atom stereocenters. The minimum absolute atomic E-state index is 0.387. The van der Waals surface area contributed by atoms with Gasteiger partial charge in [0.15, 0.2) is 0 Å². The molecule has 0 aliphatic heterocycles. The fraction of sp³-hybridized carbons (Fsp3) is 0.875. The topological polar surface area (TPSA) is 23.8 Å². The second kappa shape index (κ2) is 3.96. The summed E-state index contributed by atoms with van der Waals surface area (Å²) in [6, 6.07) is 2.04. The third-order valence-corrected chi connectivity index (χ3v) is 3.16. The van der Waals surface area contributed by atoms with Gasteiger partial charge in [0.1, 0.15) is 5.25 Å². The molecule has 66 valence electrons. The van der Waals surface area contributed by atoms with Crippen molar-refractivity contribution in [3.05, 3.63) is 0 Å². The maximum Gasteiger partial charge on any atom is 0.101 e. The summed E-state index contributed by atoms with van der Waals surface area (Å²) in [7, 11) is -2.17. The van der Waals surface area contributed by atoms with E-state index in [9.17, 15) is 3.89 Å². The lowest BCUT2D eigenvalue weighted by Gasteiger charge is -2.26. The second-order valence-corrected chi connectivity index (χ2v) is 6.65. The van der Waals surface area contributed by atoms with Crippen LogP contribution in [0, 0.1) is 17.2 Å². The van der Waals surface area contributed by atoms with Gasteiger partial charge in [0.25, 0.3) is 0 Å². The fourth-order valence-corrected chi connectivity index (χ4v) is 1.93. The van der Waals surface area contributed by atoms with Gasteiger partial charge in [-0.25, -0.2) is 0 Å². The zero-order valence-electron chi connectivity index (χ0n) is 7.60. The maximum atomic E-state index is 13.3. The number of rotatable bonds is 3. The van der Waals surface area contributed by atoms with Gasteiger partial charge in [-0.05, 0) is 24.9 Å². The molecule has 0 aromatic carbocycles. The molecule has 0 aliphatic rings. The fourth-order valence-electron chi connectivity index (χ4n) is 0.835. The van der Waals surface area contributed by atoms with Crippen molar-refractivity contribution in [2.45, 2.75) is 25.5 Å². The Labute approximate surface area is 70.2 Å². The van der Waals surface area contributed by atoms with Gasteiger partial charge in [-0.2, -0.15) is 9.15 Å². The molecule has 0 aromatic rings. The Morgan fingerprint density at radius 3 is 2.00 bits per heavy atom.